The lowest BCUT2D eigenvalue weighted by molar-refractivity contribution is 0.602. The molecule has 0 radical (unpaired) electrons. The number of aromatic nitrogens is 3. The molecule has 0 atom stereocenters. The summed E-state index contributed by atoms with van der Waals surface area (Å²) in [6.07, 6.45) is 2.11. The van der Waals surface area contributed by atoms with Gasteiger partial charge in [0.1, 0.15) is 5.82 Å². The molecule has 20 heavy (non-hydrogen) atoms. The monoisotopic (exact) mass is 294 g/mol. The number of hydrogen-bond donors (Lipinski definition) is 1. The first-order chi connectivity index (χ1) is 9.47. The molecule has 0 bridgehead atoms. The molecule has 2 rings (SSSR count). The minimum absolute atomic E-state index is 0.273. The summed E-state index contributed by atoms with van der Waals surface area (Å²) >= 11 is 0. The van der Waals surface area contributed by atoms with Gasteiger partial charge in [-0.3, -0.25) is 0 Å². The van der Waals surface area contributed by atoms with E-state index in [1.54, 1.807) is 18.2 Å². The van der Waals surface area contributed by atoms with Crippen molar-refractivity contribution >= 4 is 9.84 Å². The highest BCUT2D eigenvalue weighted by Crippen LogP contribution is 2.22. The molecule has 2 N–H and O–H groups in total. The third kappa shape index (κ3) is 2.88. The van der Waals surface area contributed by atoms with Crippen LogP contribution in [0.5, 0.6) is 0 Å². The number of benzene rings is 1. The summed E-state index contributed by atoms with van der Waals surface area (Å²) in [6, 6.07) is 6.72. The van der Waals surface area contributed by atoms with Gasteiger partial charge in [0.15, 0.2) is 15.7 Å². The number of hydrogen-bond acceptors (Lipinski definition) is 5. The van der Waals surface area contributed by atoms with Crippen LogP contribution >= 0.6 is 0 Å². The Morgan fingerprint density at radius 2 is 2.05 bits per heavy atom. The number of nitrogens with zero attached hydrogens (tertiary/aromatic N) is 3. The van der Waals surface area contributed by atoms with Gasteiger partial charge in [0.25, 0.3) is 0 Å². The van der Waals surface area contributed by atoms with E-state index in [1.165, 1.54) is 6.26 Å². The first-order valence-corrected chi connectivity index (χ1v) is 8.29. The van der Waals surface area contributed by atoms with Crippen LogP contribution in [0.2, 0.25) is 0 Å². The van der Waals surface area contributed by atoms with Gasteiger partial charge in [-0.2, -0.15) is 0 Å². The second-order valence-corrected chi connectivity index (χ2v) is 6.61. The molecular formula is C13H18N4O2S. The van der Waals surface area contributed by atoms with E-state index in [-0.39, 0.29) is 4.90 Å². The third-order valence-electron chi connectivity index (χ3n) is 2.98. The van der Waals surface area contributed by atoms with Crippen molar-refractivity contribution in [3.63, 3.8) is 0 Å². The van der Waals surface area contributed by atoms with E-state index in [2.05, 4.69) is 17.1 Å². The fourth-order valence-corrected chi connectivity index (χ4v) is 2.69. The van der Waals surface area contributed by atoms with Crippen LogP contribution in [0.15, 0.2) is 29.2 Å². The lowest BCUT2D eigenvalue weighted by Gasteiger charge is -2.08. The molecule has 108 valence electrons. The standard InChI is InChI=1S/C13H18N4O2S/c1-3-7-17-12(9-14)15-16-13(17)10-5-4-6-11(8-10)20(2,18)19/h4-6,8H,3,7,9,14H2,1-2H3. The zero-order valence-corrected chi connectivity index (χ0v) is 12.4. The lowest BCUT2D eigenvalue weighted by atomic mass is 10.2. The number of sulfone groups is 1. The fourth-order valence-electron chi connectivity index (χ4n) is 2.02. The molecule has 1 aromatic carbocycles. The van der Waals surface area contributed by atoms with Crippen LogP contribution in [0, 0.1) is 0 Å². The molecule has 0 saturated carbocycles. The molecular weight excluding hydrogens is 276 g/mol. The molecule has 6 nitrogen and oxygen atoms in total. The summed E-state index contributed by atoms with van der Waals surface area (Å²) in [5.74, 6) is 1.35. The van der Waals surface area contributed by atoms with Gasteiger partial charge in [0, 0.05) is 18.4 Å². The van der Waals surface area contributed by atoms with Crippen molar-refractivity contribution in [2.75, 3.05) is 6.26 Å². The van der Waals surface area contributed by atoms with Gasteiger partial charge in [0.2, 0.25) is 0 Å². The van der Waals surface area contributed by atoms with Crippen LogP contribution in [-0.2, 0) is 22.9 Å². The average molecular weight is 294 g/mol. The van der Waals surface area contributed by atoms with Crippen LogP contribution in [0.3, 0.4) is 0 Å². The maximum Gasteiger partial charge on any atom is 0.175 e. The second-order valence-electron chi connectivity index (χ2n) is 4.60. The fraction of sp³-hybridized carbons (Fsp3) is 0.385. The molecule has 0 spiro atoms. The molecule has 1 aromatic heterocycles. The lowest BCUT2D eigenvalue weighted by Crippen LogP contribution is -2.09. The summed E-state index contributed by atoms with van der Waals surface area (Å²) in [4.78, 5) is 0.273. The molecule has 7 heteroatoms. The Bertz CT molecular complexity index is 707. The van der Waals surface area contributed by atoms with Gasteiger partial charge >= 0.3 is 0 Å². The first kappa shape index (κ1) is 14.7. The quantitative estimate of drug-likeness (QED) is 0.895. The van der Waals surface area contributed by atoms with Gasteiger partial charge in [-0.05, 0) is 18.6 Å². The SMILES string of the molecule is CCCn1c(CN)nnc1-c1cccc(S(C)(=O)=O)c1. The van der Waals surface area contributed by atoms with E-state index >= 15 is 0 Å². The van der Waals surface area contributed by atoms with E-state index in [1.807, 2.05) is 10.6 Å². The number of rotatable bonds is 5. The zero-order valence-electron chi connectivity index (χ0n) is 11.6. The van der Waals surface area contributed by atoms with Crippen molar-refractivity contribution < 1.29 is 8.42 Å². The maximum absolute atomic E-state index is 11.6. The third-order valence-corrected chi connectivity index (χ3v) is 4.09. The summed E-state index contributed by atoms with van der Waals surface area (Å²) in [6.45, 7) is 3.10. The molecule has 1 heterocycles. The molecule has 0 saturated heterocycles. The van der Waals surface area contributed by atoms with E-state index in [4.69, 9.17) is 5.73 Å². The Balaban J connectivity index is 2.54. The predicted molar refractivity (Wildman–Crippen MR) is 76.8 cm³/mol. The Labute approximate surface area is 118 Å². The van der Waals surface area contributed by atoms with Gasteiger partial charge in [-0.25, -0.2) is 8.42 Å². The van der Waals surface area contributed by atoms with Crippen LogP contribution in [0.4, 0.5) is 0 Å². The Kier molecular flexibility index (Phi) is 4.20. The first-order valence-electron chi connectivity index (χ1n) is 6.40. The molecule has 0 fully saturated rings. The summed E-state index contributed by atoms with van der Waals surface area (Å²) in [5, 5.41) is 8.20. The van der Waals surface area contributed by atoms with E-state index in [9.17, 15) is 8.42 Å². The molecule has 0 aliphatic heterocycles. The minimum Gasteiger partial charge on any atom is -0.324 e. The van der Waals surface area contributed by atoms with E-state index in [0.29, 0.717) is 18.2 Å². The molecule has 0 amide bonds. The van der Waals surface area contributed by atoms with E-state index in [0.717, 1.165) is 18.5 Å². The predicted octanol–water partition coefficient (Wildman–Crippen LogP) is 1.22. The maximum atomic E-state index is 11.6. The molecule has 0 aliphatic rings. The molecule has 0 unspecified atom stereocenters. The van der Waals surface area contributed by atoms with Crippen molar-refractivity contribution in [3.05, 3.63) is 30.1 Å². The highest BCUT2D eigenvalue weighted by molar-refractivity contribution is 7.90. The van der Waals surface area contributed by atoms with Crippen molar-refractivity contribution in [3.8, 4) is 11.4 Å². The van der Waals surface area contributed by atoms with Crippen molar-refractivity contribution in [2.45, 2.75) is 31.3 Å². The van der Waals surface area contributed by atoms with E-state index < -0.39 is 9.84 Å². The van der Waals surface area contributed by atoms with Gasteiger partial charge in [0.05, 0.1) is 11.4 Å². The van der Waals surface area contributed by atoms with Crippen LogP contribution in [0.1, 0.15) is 19.2 Å². The highest BCUT2D eigenvalue weighted by Gasteiger charge is 2.14. The molecule has 2 aromatic rings. The summed E-state index contributed by atoms with van der Waals surface area (Å²) in [7, 11) is -3.24. The van der Waals surface area contributed by atoms with Crippen LogP contribution in [0.25, 0.3) is 11.4 Å². The summed E-state index contributed by atoms with van der Waals surface area (Å²) < 4.78 is 25.2. The minimum atomic E-state index is -3.24. The molecule has 0 aliphatic carbocycles. The zero-order chi connectivity index (χ0) is 14.8. The van der Waals surface area contributed by atoms with Crippen LogP contribution in [-0.4, -0.2) is 29.4 Å². The van der Waals surface area contributed by atoms with Gasteiger partial charge < -0.3 is 10.3 Å². The topological polar surface area (TPSA) is 90.9 Å². The van der Waals surface area contributed by atoms with Gasteiger partial charge in [-0.15, -0.1) is 10.2 Å². The average Bonchev–Trinajstić information content (AvgIpc) is 2.81. The normalized spacial score (nSPS) is 11.8. The number of nitrogens with two attached hydrogens (primary N) is 1. The summed E-state index contributed by atoms with van der Waals surface area (Å²) in [5.41, 5.74) is 6.38. The van der Waals surface area contributed by atoms with Crippen molar-refractivity contribution in [1.82, 2.24) is 14.8 Å². The highest BCUT2D eigenvalue weighted by atomic mass is 32.2. The largest absolute Gasteiger partial charge is 0.324 e. The van der Waals surface area contributed by atoms with Gasteiger partial charge in [-0.1, -0.05) is 19.1 Å². The second kappa shape index (κ2) is 5.72. The Morgan fingerprint density at radius 3 is 2.65 bits per heavy atom. The van der Waals surface area contributed by atoms with Crippen molar-refractivity contribution in [2.24, 2.45) is 5.73 Å². The Morgan fingerprint density at radius 1 is 1.30 bits per heavy atom. The Hall–Kier alpha value is -1.73. The van der Waals surface area contributed by atoms with Crippen LogP contribution < -0.4 is 5.73 Å². The van der Waals surface area contributed by atoms with Crippen molar-refractivity contribution in [1.29, 1.82) is 0 Å². The smallest absolute Gasteiger partial charge is 0.175 e.